The highest BCUT2D eigenvalue weighted by molar-refractivity contribution is 7.08. The molecule has 0 atom stereocenters. The van der Waals surface area contributed by atoms with E-state index < -0.39 is 0 Å². The van der Waals surface area contributed by atoms with E-state index in [0.29, 0.717) is 0 Å². The summed E-state index contributed by atoms with van der Waals surface area (Å²) < 4.78 is 5.26. The Balaban J connectivity index is 1.72. The molecule has 2 rings (SSSR count). The second kappa shape index (κ2) is 4.64. The van der Waals surface area contributed by atoms with Crippen LogP contribution in [0.3, 0.4) is 0 Å². The Morgan fingerprint density at radius 2 is 2.31 bits per heavy atom. The monoisotopic (exact) mass is 198 g/mol. The molecule has 2 heterocycles. The van der Waals surface area contributed by atoms with Crippen LogP contribution in [0.25, 0.3) is 0 Å². The van der Waals surface area contributed by atoms with Crippen LogP contribution in [-0.4, -0.2) is 47.9 Å². The Hall–Kier alpha value is -0.520. The van der Waals surface area contributed by atoms with E-state index in [9.17, 15) is 0 Å². The Morgan fingerprint density at radius 3 is 3.00 bits per heavy atom. The van der Waals surface area contributed by atoms with E-state index in [4.69, 9.17) is 4.74 Å². The highest BCUT2D eigenvalue weighted by Gasteiger charge is 2.10. The molecule has 0 unspecified atom stereocenters. The van der Waals surface area contributed by atoms with Crippen molar-refractivity contribution < 1.29 is 4.74 Å². The van der Waals surface area contributed by atoms with Crippen LogP contribution >= 0.6 is 11.3 Å². The van der Waals surface area contributed by atoms with E-state index in [1.54, 1.807) is 0 Å². The highest BCUT2D eigenvalue weighted by atomic mass is 32.1. The van der Waals surface area contributed by atoms with Gasteiger partial charge in [-0.25, -0.2) is 0 Å². The van der Waals surface area contributed by atoms with Crippen LogP contribution in [0.5, 0.6) is 0 Å². The van der Waals surface area contributed by atoms with Gasteiger partial charge in [0.25, 0.3) is 0 Å². The molecule has 0 aromatic carbocycles. The number of aromatic nitrogens is 2. The van der Waals surface area contributed by atoms with Crippen molar-refractivity contribution in [2.45, 2.75) is 6.42 Å². The van der Waals surface area contributed by atoms with Crippen molar-refractivity contribution in [3.05, 3.63) is 10.5 Å². The third-order valence-corrected chi connectivity index (χ3v) is 2.81. The van der Waals surface area contributed by atoms with Gasteiger partial charge in [-0.1, -0.05) is 11.3 Å². The van der Waals surface area contributed by atoms with Crippen LogP contribution in [0.15, 0.2) is 0 Å². The van der Waals surface area contributed by atoms with E-state index in [2.05, 4.69) is 20.6 Å². The van der Waals surface area contributed by atoms with Gasteiger partial charge in [0.15, 0.2) is 5.51 Å². The predicted octanol–water partition coefficient (Wildman–Crippen LogP) is 0.213. The van der Waals surface area contributed by atoms with Crippen molar-refractivity contribution in [2.75, 3.05) is 32.8 Å². The van der Waals surface area contributed by atoms with Crippen LogP contribution in [0, 0.1) is 5.51 Å². The SMILES string of the molecule is [c]1nnc(CCN2CCOCC2)s1. The van der Waals surface area contributed by atoms with Crippen molar-refractivity contribution in [3.8, 4) is 0 Å². The second-order valence-electron chi connectivity index (χ2n) is 2.99. The summed E-state index contributed by atoms with van der Waals surface area (Å²) in [5.41, 5.74) is 2.75. The van der Waals surface area contributed by atoms with Crippen molar-refractivity contribution in [1.82, 2.24) is 15.1 Å². The standard InChI is InChI=1S/C8H12N3OS/c1(8-10-9-7-13-8)2-11-3-5-12-6-4-11/h1-6H2. The van der Waals surface area contributed by atoms with Gasteiger partial charge in [-0.2, -0.15) is 0 Å². The fraction of sp³-hybridized carbons (Fsp3) is 0.750. The smallest absolute Gasteiger partial charge is 0.178 e. The predicted molar refractivity (Wildman–Crippen MR) is 49.7 cm³/mol. The Bertz CT molecular complexity index is 234. The number of rotatable bonds is 3. The lowest BCUT2D eigenvalue weighted by molar-refractivity contribution is 0.0384. The lowest BCUT2D eigenvalue weighted by Gasteiger charge is -2.25. The van der Waals surface area contributed by atoms with E-state index in [0.717, 1.165) is 44.3 Å². The lowest BCUT2D eigenvalue weighted by atomic mass is 10.3. The molecule has 13 heavy (non-hydrogen) atoms. The molecule has 5 heteroatoms. The first-order valence-electron chi connectivity index (χ1n) is 4.44. The molecular formula is C8H12N3OS. The number of ether oxygens (including phenoxy) is 1. The van der Waals surface area contributed by atoms with Crippen LogP contribution in [-0.2, 0) is 11.2 Å². The fourth-order valence-corrected chi connectivity index (χ4v) is 1.81. The molecule has 1 fully saturated rings. The Kier molecular flexibility index (Phi) is 3.23. The summed E-state index contributed by atoms with van der Waals surface area (Å²) in [4.78, 5) is 2.39. The summed E-state index contributed by atoms with van der Waals surface area (Å²) >= 11 is 1.51. The summed E-state index contributed by atoms with van der Waals surface area (Å²) in [6.45, 7) is 4.88. The Labute approximate surface area is 81.5 Å². The summed E-state index contributed by atoms with van der Waals surface area (Å²) in [6, 6.07) is 0. The molecule has 1 radical (unpaired) electrons. The second-order valence-corrected chi connectivity index (χ2v) is 3.85. The topological polar surface area (TPSA) is 38.2 Å². The van der Waals surface area contributed by atoms with E-state index in [-0.39, 0.29) is 0 Å². The minimum Gasteiger partial charge on any atom is -0.379 e. The van der Waals surface area contributed by atoms with E-state index in [1.807, 2.05) is 0 Å². The molecule has 0 bridgehead atoms. The molecular weight excluding hydrogens is 186 g/mol. The third-order valence-electron chi connectivity index (χ3n) is 2.11. The molecule has 1 aliphatic heterocycles. The minimum absolute atomic E-state index is 0.863. The average molecular weight is 198 g/mol. The molecule has 1 aromatic rings. The molecule has 71 valence electrons. The molecule has 0 N–H and O–H groups in total. The molecule has 1 aliphatic rings. The molecule has 0 aliphatic carbocycles. The van der Waals surface area contributed by atoms with E-state index in [1.165, 1.54) is 11.3 Å². The molecule has 0 saturated carbocycles. The van der Waals surface area contributed by atoms with Gasteiger partial charge in [0.05, 0.1) is 13.2 Å². The number of morpholine rings is 1. The highest BCUT2D eigenvalue weighted by Crippen LogP contribution is 2.04. The Morgan fingerprint density at radius 1 is 1.46 bits per heavy atom. The fourth-order valence-electron chi connectivity index (χ4n) is 1.35. The van der Waals surface area contributed by atoms with Crippen LogP contribution in [0.1, 0.15) is 5.01 Å². The van der Waals surface area contributed by atoms with Gasteiger partial charge in [0, 0.05) is 26.1 Å². The van der Waals surface area contributed by atoms with Gasteiger partial charge in [0.1, 0.15) is 5.01 Å². The number of nitrogens with zero attached hydrogens (tertiary/aromatic N) is 3. The molecule has 1 aromatic heterocycles. The van der Waals surface area contributed by atoms with Crippen molar-refractivity contribution in [3.63, 3.8) is 0 Å². The summed E-state index contributed by atoms with van der Waals surface area (Å²) in [5.74, 6) is 0. The summed E-state index contributed by atoms with van der Waals surface area (Å²) in [7, 11) is 0. The van der Waals surface area contributed by atoms with Gasteiger partial charge in [0.2, 0.25) is 0 Å². The van der Waals surface area contributed by atoms with Crippen LogP contribution < -0.4 is 0 Å². The zero-order valence-corrected chi connectivity index (χ0v) is 8.22. The molecule has 0 spiro atoms. The average Bonchev–Trinajstić information content (AvgIpc) is 2.69. The van der Waals surface area contributed by atoms with Crippen molar-refractivity contribution in [1.29, 1.82) is 0 Å². The van der Waals surface area contributed by atoms with Gasteiger partial charge in [-0.3, -0.25) is 4.90 Å². The maximum absolute atomic E-state index is 5.26. The normalized spacial score (nSPS) is 19.1. The van der Waals surface area contributed by atoms with Crippen molar-refractivity contribution >= 4 is 11.3 Å². The summed E-state index contributed by atoms with van der Waals surface area (Å²) in [5, 5.41) is 8.72. The molecule has 4 nitrogen and oxygen atoms in total. The first kappa shape index (κ1) is 9.05. The van der Waals surface area contributed by atoms with Crippen LogP contribution in [0.4, 0.5) is 0 Å². The first-order chi connectivity index (χ1) is 6.45. The molecule has 0 amide bonds. The zero-order chi connectivity index (χ0) is 8.93. The van der Waals surface area contributed by atoms with Gasteiger partial charge in [-0.15, -0.1) is 10.2 Å². The van der Waals surface area contributed by atoms with Gasteiger partial charge in [-0.05, 0) is 0 Å². The van der Waals surface area contributed by atoms with Crippen LogP contribution in [0.2, 0.25) is 0 Å². The van der Waals surface area contributed by atoms with Crippen molar-refractivity contribution in [2.24, 2.45) is 0 Å². The zero-order valence-electron chi connectivity index (χ0n) is 7.40. The maximum Gasteiger partial charge on any atom is 0.178 e. The number of hydrogen-bond acceptors (Lipinski definition) is 5. The lowest BCUT2D eigenvalue weighted by Crippen LogP contribution is -2.37. The van der Waals surface area contributed by atoms with Gasteiger partial charge < -0.3 is 4.74 Å². The largest absolute Gasteiger partial charge is 0.379 e. The maximum atomic E-state index is 5.26. The third kappa shape index (κ3) is 2.72. The van der Waals surface area contributed by atoms with Gasteiger partial charge >= 0.3 is 0 Å². The van der Waals surface area contributed by atoms with E-state index >= 15 is 0 Å². The minimum atomic E-state index is 0.863. The quantitative estimate of drug-likeness (QED) is 0.696. The number of hydrogen-bond donors (Lipinski definition) is 0. The first-order valence-corrected chi connectivity index (χ1v) is 5.25. The summed E-state index contributed by atoms with van der Waals surface area (Å²) in [6.07, 6.45) is 0.987. The molecule has 1 saturated heterocycles.